The van der Waals surface area contributed by atoms with Gasteiger partial charge in [-0.15, -0.1) is 11.8 Å². The van der Waals surface area contributed by atoms with Crippen molar-refractivity contribution in [2.45, 2.75) is 77.7 Å². The fourth-order valence-electron chi connectivity index (χ4n) is 4.14. The highest BCUT2D eigenvalue weighted by Crippen LogP contribution is 2.54. The standard InChI is InChI=1S/C24H31FN4O2S.2C2H6/c1-23(2,15-30)28-20-5-4-19(21(27-20)29-10-8-24(6-7-24)9-11-29)22(31)26-17-12-16(25)13-18(14-17)32-3;2*1-2/h4-5,12-14,30H,6-11,15H2,1-3H3,(H,26,31)(H,27,28);2*1-2H3. The molecule has 1 saturated carbocycles. The summed E-state index contributed by atoms with van der Waals surface area (Å²) in [5.74, 6) is 0.530. The topological polar surface area (TPSA) is 77.5 Å². The molecule has 3 N–H and O–H groups in total. The number of hydrogen-bond acceptors (Lipinski definition) is 6. The number of benzene rings is 1. The Balaban J connectivity index is 0.00000109. The highest BCUT2D eigenvalue weighted by Gasteiger charge is 2.45. The van der Waals surface area contributed by atoms with Crippen molar-refractivity contribution >= 4 is 35.0 Å². The summed E-state index contributed by atoms with van der Waals surface area (Å²) in [6, 6.07) is 8.03. The van der Waals surface area contributed by atoms with E-state index in [-0.39, 0.29) is 18.3 Å². The van der Waals surface area contributed by atoms with Crippen LogP contribution in [0.1, 0.15) is 77.6 Å². The van der Waals surface area contributed by atoms with E-state index in [1.54, 1.807) is 18.2 Å². The lowest BCUT2D eigenvalue weighted by atomic mass is 9.93. The van der Waals surface area contributed by atoms with Gasteiger partial charge >= 0.3 is 0 Å². The molecular weight excluding hydrogens is 475 g/mol. The van der Waals surface area contributed by atoms with Gasteiger partial charge in [0.15, 0.2) is 0 Å². The van der Waals surface area contributed by atoms with Crippen molar-refractivity contribution in [1.82, 2.24) is 4.98 Å². The highest BCUT2D eigenvalue weighted by atomic mass is 32.2. The molecule has 1 amide bonds. The van der Waals surface area contributed by atoms with Crippen LogP contribution in [-0.2, 0) is 0 Å². The van der Waals surface area contributed by atoms with E-state index in [0.717, 1.165) is 30.8 Å². The summed E-state index contributed by atoms with van der Waals surface area (Å²) in [5.41, 5.74) is 0.844. The maximum absolute atomic E-state index is 13.9. The van der Waals surface area contributed by atoms with Gasteiger partial charge in [-0.2, -0.15) is 0 Å². The number of anilines is 3. The molecular formula is C28H43FN4O2S. The Kier molecular flexibility index (Phi) is 11.0. The van der Waals surface area contributed by atoms with Gasteiger partial charge in [0.1, 0.15) is 17.5 Å². The molecule has 1 aromatic carbocycles. The molecule has 36 heavy (non-hydrogen) atoms. The average Bonchev–Trinajstić information content (AvgIpc) is 3.64. The number of carbonyl (C=O) groups is 1. The molecule has 2 heterocycles. The predicted molar refractivity (Wildman–Crippen MR) is 151 cm³/mol. The van der Waals surface area contributed by atoms with E-state index in [2.05, 4.69) is 15.5 Å². The smallest absolute Gasteiger partial charge is 0.259 e. The summed E-state index contributed by atoms with van der Waals surface area (Å²) in [5, 5.41) is 15.7. The number of amides is 1. The summed E-state index contributed by atoms with van der Waals surface area (Å²) in [6.45, 7) is 13.4. The SMILES string of the molecule is CC.CC.CSc1cc(F)cc(NC(=O)c2ccc(NC(C)(C)CO)nc2N2CCC3(CC2)CC3)c1. The predicted octanol–water partition coefficient (Wildman–Crippen LogP) is 6.81. The quantitative estimate of drug-likeness (QED) is 0.350. The third-order valence-corrected chi connectivity index (χ3v) is 7.13. The summed E-state index contributed by atoms with van der Waals surface area (Å²) >= 11 is 1.42. The number of carbonyl (C=O) groups excluding carboxylic acids is 1. The molecule has 1 aliphatic carbocycles. The van der Waals surface area contributed by atoms with Crippen molar-refractivity contribution in [2.24, 2.45) is 5.41 Å². The van der Waals surface area contributed by atoms with E-state index in [1.807, 2.05) is 47.8 Å². The fraction of sp³-hybridized carbons (Fsp3) is 0.571. The van der Waals surface area contributed by atoms with E-state index in [4.69, 9.17) is 4.98 Å². The summed E-state index contributed by atoms with van der Waals surface area (Å²) in [4.78, 5) is 20.9. The Morgan fingerprint density at radius 3 is 2.31 bits per heavy atom. The maximum atomic E-state index is 13.9. The number of nitrogens with one attached hydrogen (secondary N) is 2. The number of piperidine rings is 1. The third-order valence-electron chi connectivity index (χ3n) is 6.43. The Bertz CT molecular complexity index is 1000. The third kappa shape index (κ3) is 7.84. The Morgan fingerprint density at radius 1 is 1.11 bits per heavy atom. The van der Waals surface area contributed by atoms with Gasteiger partial charge in [0.2, 0.25) is 0 Å². The van der Waals surface area contributed by atoms with E-state index in [9.17, 15) is 14.3 Å². The molecule has 200 valence electrons. The van der Waals surface area contributed by atoms with Gasteiger partial charge in [-0.25, -0.2) is 9.37 Å². The van der Waals surface area contributed by atoms with Crippen molar-refractivity contribution in [3.8, 4) is 0 Å². The van der Waals surface area contributed by atoms with E-state index < -0.39 is 5.54 Å². The van der Waals surface area contributed by atoms with E-state index in [1.165, 1.54) is 36.7 Å². The van der Waals surface area contributed by atoms with Crippen molar-refractivity contribution < 1.29 is 14.3 Å². The lowest BCUT2D eigenvalue weighted by Crippen LogP contribution is -2.38. The minimum Gasteiger partial charge on any atom is -0.394 e. The number of nitrogens with zero attached hydrogens (tertiary/aromatic N) is 2. The van der Waals surface area contributed by atoms with Crippen LogP contribution >= 0.6 is 11.8 Å². The van der Waals surface area contributed by atoms with Gasteiger partial charge in [-0.05, 0) is 81.5 Å². The summed E-state index contributed by atoms with van der Waals surface area (Å²) < 4.78 is 13.9. The summed E-state index contributed by atoms with van der Waals surface area (Å²) in [7, 11) is 0. The molecule has 0 unspecified atom stereocenters. The van der Waals surface area contributed by atoms with Crippen molar-refractivity contribution in [3.05, 3.63) is 41.7 Å². The van der Waals surface area contributed by atoms with Crippen LogP contribution in [-0.4, -0.2) is 47.5 Å². The minimum absolute atomic E-state index is 0.0458. The highest BCUT2D eigenvalue weighted by molar-refractivity contribution is 7.98. The van der Waals surface area contributed by atoms with Gasteiger partial charge in [-0.1, -0.05) is 27.7 Å². The van der Waals surface area contributed by atoms with Crippen LogP contribution in [0.4, 0.5) is 21.7 Å². The van der Waals surface area contributed by atoms with Crippen LogP contribution in [0.3, 0.4) is 0 Å². The maximum Gasteiger partial charge on any atom is 0.259 e. The molecule has 0 bridgehead atoms. The molecule has 0 atom stereocenters. The molecule has 2 fully saturated rings. The molecule has 4 rings (SSSR count). The van der Waals surface area contributed by atoms with Gasteiger partial charge in [0, 0.05) is 23.7 Å². The first-order valence-corrected chi connectivity index (χ1v) is 14.3. The number of hydrogen-bond donors (Lipinski definition) is 3. The van der Waals surface area contributed by atoms with Crippen molar-refractivity contribution in [1.29, 1.82) is 0 Å². The van der Waals surface area contributed by atoms with Crippen molar-refractivity contribution in [3.63, 3.8) is 0 Å². The fourth-order valence-corrected chi connectivity index (χ4v) is 4.62. The Labute approximate surface area is 220 Å². The average molecular weight is 519 g/mol. The second kappa shape index (κ2) is 13.3. The zero-order valence-corrected chi connectivity index (χ0v) is 23.7. The van der Waals surface area contributed by atoms with Crippen molar-refractivity contribution in [2.75, 3.05) is 41.5 Å². The second-order valence-electron chi connectivity index (χ2n) is 9.56. The molecule has 1 aliphatic heterocycles. The molecule has 8 heteroatoms. The monoisotopic (exact) mass is 518 g/mol. The molecule has 2 aliphatic rings. The summed E-state index contributed by atoms with van der Waals surface area (Å²) in [6.07, 6.45) is 6.68. The molecule has 1 aromatic heterocycles. The first kappa shape index (κ1) is 29.9. The second-order valence-corrected chi connectivity index (χ2v) is 10.4. The Hall–Kier alpha value is -2.32. The largest absolute Gasteiger partial charge is 0.394 e. The number of halogens is 1. The van der Waals surface area contributed by atoms with E-state index in [0.29, 0.717) is 28.3 Å². The molecule has 1 spiro atoms. The van der Waals surface area contributed by atoms with Crippen LogP contribution in [0.15, 0.2) is 35.2 Å². The van der Waals surface area contributed by atoms with Gasteiger partial charge in [-0.3, -0.25) is 4.79 Å². The van der Waals surface area contributed by atoms with Gasteiger partial charge < -0.3 is 20.6 Å². The lowest BCUT2D eigenvalue weighted by Gasteiger charge is -2.34. The zero-order valence-electron chi connectivity index (χ0n) is 22.9. The number of aliphatic hydroxyl groups excluding tert-OH is 1. The normalized spacial score (nSPS) is 15.8. The van der Waals surface area contributed by atoms with Crippen LogP contribution in [0, 0.1) is 11.2 Å². The molecule has 1 saturated heterocycles. The van der Waals surface area contributed by atoms with Crippen LogP contribution in [0.5, 0.6) is 0 Å². The van der Waals surface area contributed by atoms with Gasteiger partial charge in [0.05, 0.1) is 17.7 Å². The minimum atomic E-state index is -0.538. The molecule has 0 radical (unpaired) electrons. The molecule has 2 aromatic rings. The zero-order chi connectivity index (χ0) is 26.9. The number of thioether (sulfide) groups is 1. The van der Waals surface area contributed by atoms with Crippen LogP contribution < -0.4 is 15.5 Å². The lowest BCUT2D eigenvalue weighted by molar-refractivity contribution is 0.102. The van der Waals surface area contributed by atoms with Crippen LogP contribution in [0.25, 0.3) is 0 Å². The molecule has 6 nitrogen and oxygen atoms in total. The number of aliphatic hydroxyl groups is 1. The van der Waals surface area contributed by atoms with Crippen LogP contribution in [0.2, 0.25) is 0 Å². The van der Waals surface area contributed by atoms with Gasteiger partial charge in [0.25, 0.3) is 5.91 Å². The van der Waals surface area contributed by atoms with E-state index >= 15 is 0 Å². The first-order valence-electron chi connectivity index (χ1n) is 13.0. The number of pyridine rings is 1. The Morgan fingerprint density at radius 2 is 1.75 bits per heavy atom. The number of rotatable bonds is 7. The first-order chi connectivity index (χ1) is 17.2. The number of aromatic nitrogens is 1.